The van der Waals surface area contributed by atoms with Crippen LogP contribution in [0.2, 0.25) is 0 Å². The quantitative estimate of drug-likeness (QED) is 0.698. The molecule has 4 nitrogen and oxygen atoms in total. The summed E-state index contributed by atoms with van der Waals surface area (Å²) in [6.45, 7) is 10.1. The van der Waals surface area contributed by atoms with E-state index < -0.39 is 0 Å². The average molecular weight is 356 g/mol. The fraction of sp³-hybridized carbons (Fsp3) is 0.364. The van der Waals surface area contributed by atoms with Gasteiger partial charge in [0.1, 0.15) is 0 Å². The van der Waals surface area contributed by atoms with Crippen LogP contribution in [0.4, 0.5) is 0 Å². The number of aryl methyl sites for hydroxylation is 2. The second-order valence-corrected chi connectivity index (χ2v) is 6.32. The first-order valence-corrected chi connectivity index (χ1v) is 8.85. The molecule has 0 N–H and O–H groups in total. The normalized spacial score (nSPS) is 9.92. The number of hydrogen-bond acceptors (Lipinski definition) is 4. The molecule has 140 valence electrons. The van der Waals surface area contributed by atoms with Gasteiger partial charge in [0.15, 0.2) is 0 Å². The number of rotatable bonds is 5. The van der Waals surface area contributed by atoms with E-state index in [2.05, 4.69) is 0 Å². The van der Waals surface area contributed by atoms with Gasteiger partial charge in [-0.3, -0.25) is 0 Å². The van der Waals surface area contributed by atoms with E-state index in [1.165, 1.54) is 0 Å². The minimum absolute atomic E-state index is 0.0613. The molecule has 0 unspecified atom stereocenters. The van der Waals surface area contributed by atoms with Gasteiger partial charge in [-0.2, -0.15) is 0 Å². The van der Waals surface area contributed by atoms with Gasteiger partial charge in [0.2, 0.25) is 0 Å². The summed E-state index contributed by atoms with van der Waals surface area (Å²) >= 11 is 0. The Morgan fingerprint density at radius 3 is 1.62 bits per heavy atom. The Morgan fingerprint density at radius 2 is 1.23 bits per heavy atom. The predicted octanol–water partition coefficient (Wildman–Crippen LogP) is 5.12. The van der Waals surface area contributed by atoms with Crippen LogP contribution in [0.5, 0.6) is 0 Å². The van der Waals surface area contributed by atoms with Gasteiger partial charge in [0.25, 0.3) is 0 Å². The van der Waals surface area contributed by atoms with Crippen LogP contribution in [0.25, 0.3) is 0 Å². The zero-order valence-electron chi connectivity index (χ0n) is 16.2. The van der Waals surface area contributed by atoms with Crippen molar-refractivity contribution in [2.75, 3.05) is 6.61 Å². The second kappa shape index (κ2) is 11.1. The van der Waals surface area contributed by atoms with Crippen molar-refractivity contribution in [1.29, 1.82) is 0 Å². The molecule has 2 aromatic carbocycles. The Bertz CT molecular complexity index is 685. The zero-order valence-corrected chi connectivity index (χ0v) is 16.2. The van der Waals surface area contributed by atoms with Crippen LogP contribution < -0.4 is 0 Å². The Kier molecular flexibility index (Phi) is 9.13. The van der Waals surface area contributed by atoms with Crippen LogP contribution in [-0.2, 0) is 9.47 Å². The summed E-state index contributed by atoms with van der Waals surface area (Å²) in [5.41, 5.74) is 3.52. The van der Waals surface area contributed by atoms with Crippen molar-refractivity contribution in [3.8, 4) is 0 Å². The number of carbonyl (C=O) groups excluding carboxylic acids is 2. The van der Waals surface area contributed by atoms with E-state index in [9.17, 15) is 9.59 Å². The molecule has 0 atom stereocenters. The minimum atomic E-state index is -0.255. The smallest absolute Gasteiger partial charge is 0.338 e. The predicted molar refractivity (Wildman–Crippen MR) is 103 cm³/mol. The van der Waals surface area contributed by atoms with Crippen molar-refractivity contribution in [2.24, 2.45) is 0 Å². The lowest BCUT2D eigenvalue weighted by Crippen LogP contribution is -2.11. The summed E-state index contributed by atoms with van der Waals surface area (Å²) < 4.78 is 10.0. The van der Waals surface area contributed by atoms with Crippen LogP contribution >= 0.6 is 0 Å². The molecular weight excluding hydrogens is 328 g/mol. The van der Waals surface area contributed by atoms with Gasteiger partial charge in [0, 0.05) is 0 Å². The van der Waals surface area contributed by atoms with Crippen molar-refractivity contribution in [3.05, 3.63) is 70.8 Å². The van der Waals surface area contributed by atoms with Crippen molar-refractivity contribution < 1.29 is 19.1 Å². The van der Waals surface area contributed by atoms with Crippen LogP contribution in [0.1, 0.15) is 59.0 Å². The van der Waals surface area contributed by atoms with Gasteiger partial charge in [-0.15, -0.1) is 0 Å². The molecule has 0 fully saturated rings. The highest BCUT2D eigenvalue weighted by atomic mass is 16.5. The third-order valence-electron chi connectivity index (χ3n) is 3.35. The fourth-order valence-electron chi connectivity index (χ4n) is 1.94. The molecule has 0 aliphatic rings. The van der Waals surface area contributed by atoms with E-state index >= 15 is 0 Å². The third kappa shape index (κ3) is 7.97. The van der Waals surface area contributed by atoms with Crippen molar-refractivity contribution >= 4 is 11.9 Å². The maximum absolute atomic E-state index is 11.3. The monoisotopic (exact) mass is 356 g/mol. The van der Waals surface area contributed by atoms with Crippen molar-refractivity contribution in [2.45, 2.75) is 47.1 Å². The summed E-state index contributed by atoms with van der Waals surface area (Å²) in [5, 5.41) is 0. The Balaban J connectivity index is 0.000000260. The summed E-state index contributed by atoms with van der Waals surface area (Å²) in [4.78, 5) is 22.6. The molecule has 0 radical (unpaired) electrons. The molecule has 0 spiro atoms. The Hall–Kier alpha value is -2.62. The lowest BCUT2D eigenvalue weighted by atomic mass is 10.1. The van der Waals surface area contributed by atoms with E-state index in [1.54, 1.807) is 24.3 Å². The highest BCUT2D eigenvalue weighted by Crippen LogP contribution is 2.06. The van der Waals surface area contributed by atoms with Gasteiger partial charge < -0.3 is 9.47 Å². The fourth-order valence-corrected chi connectivity index (χ4v) is 1.94. The molecule has 26 heavy (non-hydrogen) atoms. The Labute approximate surface area is 156 Å². The molecule has 0 bridgehead atoms. The van der Waals surface area contributed by atoms with Gasteiger partial charge in [0.05, 0.1) is 23.8 Å². The molecule has 4 heteroatoms. The molecule has 0 amide bonds. The van der Waals surface area contributed by atoms with Crippen molar-refractivity contribution in [1.82, 2.24) is 0 Å². The standard InChI is InChI=1S/2C11H14O2/c1-8(2)13-11(12)10-6-4-9(3)5-7-10;1-3-8-13-11(12)10-6-4-9(2)5-7-10/h4-8H,1-3H3;4-7H,3,8H2,1-2H3. The lowest BCUT2D eigenvalue weighted by molar-refractivity contribution is 0.0377. The summed E-state index contributed by atoms with van der Waals surface area (Å²) in [6.07, 6.45) is 0.797. The topological polar surface area (TPSA) is 52.6 Å². The van der Waals surface area contributed by atoms with E-state index in [0.717, 1.165) is 17.5 Å². The number of hydrogen-bond donors (Lipinski definition) is 0. The van der Waals surface area contributed by atoms with Crippen LogP contribution in [0, 0.1) is 13.8 Å². The molecule has 2 aromatic rings. The number of carbonyl (C=O) groups is 2. The second-order valence-electron chi connectivity index (χ2n) is 6.32. The van der Waals surface area contributed by atoms with Gasteiger partial charge in [-0.05, 0) is 58.4 Å². The zero-order chi connectivity index (χ0) is 19.5. The summed E-state index contributed by atoms with van der Waals surface area (Å²) in [6, 6.07) is 14.7. The van der Waals surface area contributed by atoms with Gasteiger partial charge in [-0.1, -0.05) is 42.3 Å². The van der Waals surface area contributed by atoms with Crippen molar-refractivity contribution in [3.63, 3.8) is 0 Å². The average Bonchev–Trinajstić information content (AvgIpc) is 2.61. The molecule has 2 rings (SSSR count). The number of esters is 2. The first-order chi connectivity index (χ1) is 12.3. The third-order valence-corrected chi connectivity index (χ3v) is 3.35. The first-order valence-electron chi connectivity index (χ1n) is 8.85. The van der Waals surface area contributed by atoms with Crippen LogP contribution in [0.15, 0.2) is 48.5 Å². The van der Waals surface area contributed by atoms with E-state index in [0.29, 0.717) is 17.7 Å². The maximum atomic E-state index is 11.3. The number of ether oxygens (including phenoxy) is 2. The van der Waals surface area contributed by atoms with Crippen LogP contribution in [0.3, 0.4) is 0 Å². The molecule has 0 aromatic heterocycles. The maximum Gasteiger partial charge on any atom is 0.338 e. The van der Waals surface area contributed by atoms with Crippen LogP contribution in [-0.4, -0.2) is 24.6 Å². The van der Waals surface area contributed by atoms with E-state index in [1.807, 2.05) is 58.9 Å². The van der Waals surface area contributed by atoms with Gasteiger partial charge >= 0.3 is 11.9 Å². The van der Waals surface area contributed by atoms with Gasteiger partial charge in [-0.25, -0.2) is 9.59 Å². The molecule has 0 saturated carbocycles. The molecule has 0 aliphatic carbocycles. The highest BCUT2D eigenvalue weighted by Gasteiger charge is 2.07. The molecule has 0 aliphatic heterocycles. The minimum Gasteiger partial charge on any atom is -0.462 e. The van der Waals surface area contributed by atoms with E-state index in [-0.39, 0.29) is 18.0 Å². The molecule has 0 saturated heterocycles. The molecule has 0 heterocycles. The van der Waals surface area contributed by atoms with E-state index in [4.69, 9.17) is 9.47 Å². The summed E-state index contributed by atoms with van der Waals surface area (Å²) in [7, 11) is 0. The number of benzene rings is 2. The Morgan fingerprint density at radius 1 is 0.808 bits per heavy atom. The first kappa shape index (κ1) is 21.4. The summed E-state index contributed by atoms with van der Waals surface area (Å²) in [5.74, 6) is -0.489. The SMILES string of the molecule is CCCOC(=O)c1ccc(C)cc1.Cc1ccc(C(=O)OC(C)C)cc1. The largest absolute Gasteiger partial charge is 0.462 e. The highest BCUT2D eigenvalue weighted by molar-refractivity contribution is 5.89. The molecular formula is C22H28O4. The lowest BCUT2D eigenvalue weighted by Gasteiger charge is -2.07.